The fourth-order valence-electron chi connectivity index (χ4n) is 3.22. The van der Waals surface area contributed by atoms with Gasteiger partial charge in [-0.1, -0.05) is 12.8 Å². The van der Waals surface area contributed by atoms with E-state index in [1.807, 2.05) is 12.3 Å². The van der Waals surface area contributed by atoms with E-state index in [0.717, 1.165) is 24.2 Å². The zero-order valence-corrected chi connectivity index (χ0v) is 14.8. The van der Waals surface area contributed by atoms with Crippen molar-refractivity contribution in [3.63, 3.8) is 0 Å². The first-order chi connectivity index (χ1) is 11.5. The number of carbonyl (C=O) groups is 2. The van der Waals surface area contributed by atoms with Crippen molar-refractivity contribution < 1.29 is 9.59 Å². The van der Waals surface area contributed by atoms with Crippen LogP contribution in [0.4, 0.5) is 0 Å². The van der Waals surface area contributed by atoms with Crippen LogP contribution < -0.4 is 5.32 Å². The van der Waals surface area contributed by atoms with Gasteiger partial charge >= 0.3 is 0 Å². The Morgan fingerprint density at radius 1 is 1.42 bits per heavy atom. The molecule has 6 nitrogen and oxygen atoms in total. The molecule has 1 N–H and O–H groups in total. The first-order valence-electron chi connectivity index (χ1n) is 8.31. The molecular formula is C17H22N4O2S. The number of carbonyl (C=O) groups excluding carboxylic acids is 2. The van der Waals surface area contributed by atoms with Crippen LogP contribution in [-0.2, 0) is 11.2 Å². The number of hydrogen-bond donors (Lipinski definition) is 1. The molecule has 3 rings (SSSR count). The third-order valence-corrected chi connectivity index (χ3v) is 5.53. The number of thiophene rings is 1. The number of ketones is 1. The summed E-state index contributed by atoms with van der Waals surface area (Å²) in [5.41, 5.74) is 0.868. The summed E-state index contributed by atoms with van der Waals surface area (Å²) in [6, 6.07) is 2.05. The van der Waals surface area contributed by atoms with Gasteiger partial charge in [-0.15, -0.1) is 21.5 Å². The number of amides is 1. The summed E-state index contributed by atoms with van der Waals surface area (Å²) in [5.74, 6) is 0.769. The van der Waals surface area contributed by atoms with Gasteiger partial charge in [-0.3, -0.25) is 9.59 Å². The molecule has 2 heterocycles. The van der Waals surface area contributed by atoms with E-state index in [9.17, 15) is 9.59 Å². The molecule has 1 unspecified atom stereocenters. The number of nitrogens with one attached hydrogen (secondary N) is 1. The molecule has 1 fully saturated rings. The molecular weight excluding hydrogens is 324 g/mol. The van der Waals surface area contributed by atoms with Crippen molar-refractivity contribution in [2.75, 3.05) is 0 Å². The second-order valence-corrected chi connectivity index (χ2v) is 7.29. The van der Waals surface area contributed by atoms with Gasteiger partial charge in [0.15, 0.2) is 11.6 Å². The maximum atomic E-state index is 12.3. The lowest BCUT2D eigenvalue weighted by molar-refractivity contribution is -0.121. The quantitative estimate of drug-likeness (QED) is 0.816. The Labute approximate surface area is 145 Å². The van der Waals surface area contributed by atoms with E-state index in [2.05, 4.69) is 20.1 Å². The molecule has 128 valence electrons. The van der Waals surface area contributed by atoms with Crippen molar-refractivity contribution in [3.8, 4) is 0 Å². The molecule has 2 aromatic heterocycles. The van der Waals surface area contributed by atoms with Crippen molar-refractivity contribution in [1.29, 1.82) is 0 Å². The minimum Gasteiger partial charge on any atom is -0.346 e. The smallest absolute Gasteiger partial charge is 0.225 e. The summed E-state index contributed by atoms with van der Waals surface area (Å²) in [4.78, 5) is 24.3. The van der Waals surface area contributed by atoms with Gasteiger partial charge < -0.3 is 9.88 Å². The Hall–Kier alpha value is -2.02. The summed E-state index contributed by atoms with van der Waals surface area (Å²) in [5, 5.41) is 13.1. The molecule has 1 saturated carbocycles. The fourth-order valence-corrected chi connectivity index (χ4v) is 4.04. The largest absolute Gasteiger partial charge is 0.346 e. The van der Waals surface area contributed by atoms with E-state index >= 15 is 0 Å². The maximum absolute atomic E-state index is 12.3. The SMILES string of the molecule is CC(=O)c1cc(CC(=O)NC(C)c2nncn2C2CCCC2)cs1. The highest BCUT2D eigenvalue weighted by molar-refractivity contribution is 7.12. The maximum Gasteiger partial charge on any atom is 0.225 e. The van der Waals surface area contributed by atoms with Crippen molar-refractivity contribution in [2.24, 2.45) is 0 Å². The second-order valence-electron chi connectivity index (χ2n) is 6.38. The molecule has 1 atom stereocenters. The van der Waals surface area contributed by atoms with Crippen LogP contribution in [0.25, 0.3) is 0 Å². The van der Waals surface area contributed by atoms with Gasteiger partial charge in [0.2, 0.25) is 5.91 Å². The van der Waals surface area contributed by atoms with Crippen LogP contribution in [0.15, 0.2) is 17.8 Å². The Morgan fingerprint density at radius 2 is 2.17 bits per heavy atom. The van der Waals surface area contributed by atoms with Gasteiger partial charge in [-0.25, -0.2) is 0 Å². The Morgan fingerprint density at radius 3 is 2.83 bits per heavy atom. The van der Waals surface area contributed by atoms with E-state index in [1.165, 1.54) is 31.1 Å². The fraction of sp³-hybridized carbons (Fsp3) is 0.529. The first-order valence-corrected chi connectivity index (χ1v) is 9.19. The van der Waals surface area contributed by atoms with Crippen molar-refractivity contribution in [3.05, 3.63) is 34.0 Å². The molecule has 0 saturated heterocycles. The highest BCUT2D eigenvalue weighted by Gasteiger charge is 2.23. The van der Waals surface area contributed by atoms with Gasteiger partial charge in [0.25, 0.3) is 0 Å². The van der Waals surface area contributed by atoms with E-state index in [-0.39, 0.29) is 24.2 Å². The standard InChI is InChI=1S/C17H22N4O2S/c1-11(17-20-18-10-21(17)14-5-3-4-6-14)19-16(23)8-13-7-15(12(2)22)24-9-13/h7,9-11,14H,3-6,8H2,1-2H3,(H,19,23). The van der Waals surface area contributed by atoms with Crippen molar-refractivity contribution >= 4 is 23.0 Å². The van der Waals surface area contributed by atoms with E-state index in [4.69, 9.17) is 0 Å². The topological polar surface area (TPSA) is 76.9 Å². The zero-order valence-electron chi connectivity index (χ0n) is 14.0. The number of hydrogen-bond acceptors (Lipinski definition) is 5. The molecule has 0 bridgehead atoms. The van der Waals surface area contributed by atoms with Gasteiger partial charge in [0.05, 0.1) is 17.3 Å². The third-order valence-electron chi connectivity index (χ3n) is 4.45. The monoisotopic (exact) mass is 346 g/mol. The molecule has 0 radical (unpaired) electrons. The minimum absolute atomic E-state index is 0.0321. The van der Waals surface area contributed by atoms with E-state index in [1.54, 1.807) is 12.4 Å². The molecule has 0 spiro atoms. The predicted octanol–water partition coefficient (Wildman–Crippen LogP) is 3.08. The predicted molar refractivity (Wildman–Crippen MR) is 92.1 cm³/mol. The summed E-state index contributed by atoms with van der Waals surface area (Å²) >= 11 is 1.38. The Balaban J connectivity index is 1.61. The molecule has 1 aliphatic rings. The molecule has 24 heavy (non-hydrogen) atoms. The Bertz CT molecular complexity index is 731. The van der Waals surface area contributed by atoms with Crippen LogP contribution >= 0.6 is 11.3 Å². The van der Waals surface area contributed by atoms with Gasteiger partial charge in [0, 0.05) is 6.04 Å². The van der Waals surface area contributed by atoms with Crippen molar-refractivity contribution in [2.45, 2.75) is 58.0 Å². The molecule has 1 amide bonds. The number of rotatable bonds is 6. The average Bonchev–Trinajstić information content (AvgIpc) is 3.27. The lowest BCUT2D eigenvalue weighted by Crippen LogP contribution is -2.30. The van der Waals surface area contributed by atoms with Crippen LogP contribution in [0.2, 0.25) is 0 Å². The lowest BCUT2D eigenvalue weighted by Gasteiger charge is -2.18. The summed E-state index contributed by atoms with van der Waals surface area (Å²) < 4.78 is 2.11. The summed E-state index contributed by atoms with van der Waals surface area (Å²) in [7, 11) is 0. The van der Waals surface area contributed by atoms with Crippen LogP contribution in [0.3, 0.4) is 0 Å². The van der Waals surface area contributed by atoms with E-state index in [0.29, 0.717) is 10.9 Å². The van der Waals surface area contributed by atoms with Crippen LogP contribution in [0, 0.1) is 0 Å². The second kappa shape index (κ2) is 7.25. The highest BCUT2D eigenvalue weighted by atomic mass is 32.1. The number of aromatic nitrogens is 3. The first kappa shape index (κ1) is 16.8. The summed E-state index contributed by atoms with van der Waals surface area (Å²) in [6.45, 7) is 3.47. The van der Waals surface area contributed by atoms with Gasteiger partial charge in [-0.05, 0) is 43.7 Å². The molecule has 0 aromatic carbocycles. The third kappa shape index (κ3) is 3.72. The normalized spacial score (nSPS) is 16.2. The van der Waals surface area contributed by atoms with Crippen LogP contribution in [-0.4, -0.2) is 26.5 Å². The number of nitrogens with zero attached hydrogens (tertiary/aromatic N) is 3. The zero-order chi connectivity index (χ0) is 17.1. The minimum atomic E-state index is -0.188. The molecule has 0 aliphatic heterocycles. The van der Waals surface area contributed by atoms with Gasteiger partial charge in [0.1, 0.15) is 6.33 Å². The Kier molecular flexibility index (Phi) is 5.08. The average molecular weight is 346 g/mol. The molecule has 7 heteroatoms. The highest BCUT2D eigenvalue weighted by Crippen LogP contribution is 2.31. The van der Waals surface area contributed by atoms with Crippen molar-refractivity contribution in [1.82, 2.24) is 20.1 Å². The van der Waals surface area contributed by atoms with Crippen LogP contribution in [0.1, 0.15) is 72.7 Å². The molecule has 1 aliphatic carbocycles. The van der Waals surface area contributed by atoms with E-state index < -0.39 is 0 Å². The summed E-state index contributed by atoms with van der Waals surface area (Å²) in [6.07, 6.45) is 6.81. The molecule has 2 aromatic rings. The lowest BCUT2D eigenvalue weighted by atomic mass is 10.2. The van der Waals surface area contributed by atoms with Gasteiger partial charge in [-0.2, -0.15) is 0 Å². The van der Waals surface area contributed by atoms with Crippen LogP contribution in [0.5, 0.6) is 0 Å². The number of Topliss-reactive ketones (excluding diaryl/α,β-unsaturated/α-hetero) is 1.